The molecule has 45 heavy (non-hydrogen) atoms. The van der Waals surface area contributed by atoms with Gasteiger partial charge in [0.15, 0.2) is 0 Å². The van der Waals surface area contributed by atoms with Crippen molar-refractivity contribution in [2.75, 3.05) is 32.8 Å². The Hall–Kier alpha value is -1.97. The molecule has 3 atom stereocenters. The number of piperidine rings is 1. The molecule has 5 fully saturated rings. The van der Waals surface area contributed by atoms with Crippen LogP contribution in [0.15, 0.2) is 30.3 Å². The van der Waals surface area contributed by atoms with Crippen molar-refractivity contribution >= 4 is 24.3 Å². The standard InChI is InChI=1S/C35H52F2N4O3.ClH/c1-25(2)41-32(43)39(23-26-12-19-44-20-13-26)24-34(41)21-28-9-10-29(22-34)40(28)18-11-30(27-7-5-4-6-8-27)38-31(42)33(3)14-16-35(36,37)17-15-33;/h4-8,25-26,28-30H,9-24H2,1-3H3,(H,38,42);1H/t28?,29?,30-,34?;/m1./s1. The topological polar surface area (TPSA) is 65.1 Å². The molecule has 10 heteroatoms. The van der Waals surface area contributed by atoms with Crippen molar-refractivity contribution in [3.63, 3.8) is 0 Å². The minimum atomic E-state index is -2.67. The molecule has 2 bridgehead atoms. The fourth-order valence-electron chi connectivity index (χ4n) is 9.12. The van der Waals surface area contributed by atoms with E-state index < -0.39 is 11.3 Å². The molecular formula is C35H53ClF2N4O3. The average Bonchev–Trinajstić information content (AvgIpc) is 3.41. The predicted molar refractivity (Wildman–Crippen MR) is 174 cm³/mol. The van der Waals surface area contributed by atoms with Crippen LogP contribution >= 0.6 is 12.4 Å². The van der Waals surface area contributed by atoms with Gasteiger partial charge < -0.3 is 19.9 Å². The summed E-state index contributed by atoms with van der Waals surface area (Å²) in [7, 11) is 0. The maximum absolute atomic E-state index is 13.9. The zero-order valence-corrected chi connectivity index (χ0v) is 28.1. The lowest BCUT2D eigenvalue weighted by Gasteiger charge is -2.49. The maximum atomic E-state index is 13.9. The van der Waals surface area contributed by atoms with E-state index in [4.69, 9.17) is 4.74 Å². The summed E-state index contributed by atoms with van der Waals surface area (Å²) in [6.45, 7) is 10.3. The maximum Gasteiger partial charge on any atom is 0.320 e. The number of alkyl halides is 2. The largest absolute Gasteiger partial charge is 0.381 e. The number of carbonyl (C=O) groups is 2. The van der Waals surface area contributed by atoms with E-state index in [-0.39, 0.29) is 67.7 Å². The van der Waals surface area contributed by atoms with E-state index in [9.17, 15) is 18.4 Å². The Morgan fingerprint density at radius 1 is 1.00 bits per heavy atom. The number of hydrogen-bond acceptors (Lipinski definition) is 4. The lowest BCUT2D eigenvalue weighted by atomic mass is 9.73. The predicted octanol–water partition coefficient (Wildman–Crippen LogP) is 6.81. The molecule has 6 rings (SSSR count). The van der Waals surface area contributed by atoms with Crippen LogP contribution < -0.4 is 5.32 Å². The lowest BCUT2D eigenvalue weighted by molar-refractivity contribution is -0.138. The van der Waals surface area contributed by atoms with Gasteiger partial charge in [0.05, 0.1) is 11.6 Å². The zero-order valence-electron chi connectivity index (χ0n) is 27.3. The van der Waals surface area contributed by atoms with Gasteiger partial charge in [0.25, 0.3) is 0 Å². The van der Waals surface area contributed by atoms with Crippen molar-refractivity contribution in [2.24, 2.45) is 11.3 Å². The van der Waals surface area contributed by atoms with E-state index in [1.54, 1.807) is 0 Å². The highest BCUT2D eigenvalue weighted by Crippen LogP contribution is 2.48. The van der Waals surface area contributed by atoms with Crippen molar-refractivity contribution in [1.29, 1.82) is 0 Å². The van der Waals surface area contributed by atoms with Crippen LogP contribution in [-0.2, 0) is 9.53 Å². The van der Waals surface area contributed by atoms with Crippen LogP contribution in [0.3, 0.4) is 0 Å². The summed E-state index contributed by atoms with van der Waals surface area (Å²) in [6.07, 6.45) is 7.06. The second-order valence-corrected chi connectivity index (χ2v) is 15.1. The lowest BCUT2D eigenvalue weighted by Crippen LogP contribution is -2.60. The quantitative estimate of drug-likeness (QED) is 0.319. The molecule has 7 nitrogen and oxygen atoms in total. The van der Waals surface area contributed by atoms with E-state index in [1.165, 1.54) is 0 Å². The molecular weight excluding hydrogens is 598 g/mol. The molecule has 4 aliphatic heterocycles. The molecule has 1 spiro atoms. The molecule has 2 unspecified atom stereocenters. The molecule has 1 aromatic carbocycles. The summed E-state index contributed by atoms with van der Waals surface area (Å²) < 4.78 is 33.4. The molecule has 5 aliphatic rings. The highest BCUT2D eigenvalue weighted by Gasteiger charge is 2.58. The number of amides is 3. The summed E-state index contributed by atoms with van der Waals surface area (Å²) >= 11 is 0. The van der Waals surface area contributed by atoms with Gasteiger partial charge in [0.2, 0.25) is 11.8 Å². The highest BCUT2D eigenvalue weighted by molar-refractivity contribution is 5.85. The van der Waals surface area contributed by atoms with E-state index in [1.807, 2.05) is 25.1 Å². The normalized spacial score (nSPS) is 30.5. The average molecular weight is 651 g/mol. The Kier molecular flexibility index (Phi) is 10.4. The first kappa shape index (κ1) is 34.4. The number of carbonyl (C=O) groups excluding carboxylic acids is 2. The molecule has 1 saturated carbocycles. The minimum Gasteiger partial charge on any atom is -0.381 e. The molecule has 1 aromatic rings. The number of benzene rings is 1. The molecule has 0 aromatic heterocycles. The van der Waals surface area contributed by atoms with E-state index in [0.717, 1.165) is 83.4 Å². The summed E-state index contributed by atoms with van der Waals surface area (Å²) in [5, 5.41) is 3.30. The van der Waals surface area contributed by atoms with Gasteiger partial charge in [-0.15, -0.1) is 12.4 Å². The van der Waals surface area contributed by atoms with Gasteiger partial charge in [-0.2, -0.15) is 0 Å². The Morgan fingerprint density at radius 2 is 1.62 bits per heavy atom. The number of fused-ring (bicyclic) bond motifs is 2. The molecule has 1 N–H and O–H groups in total. The third-order valence-corrected chi connectivity index (χ3v) is 11.6. The van der Waals surface area contributed by atoms with Crippen LogP contribution in [-0.4, -0.2) is 89.1 Å². The fraction of sp³-hybridized carbons (Fsp3) is 0.771. The van der Waals surface area contributed by atoms with Crippen molar-refractivity contribution in [2.45, 2.75) is 127 Å². The second-order valence-electron chi connectivity index (χ2n) is 15.1. The summed E-state index contributed by atoms with van der Waals surface area (Å²) in [6, 6.07) is 11.1. The second kappa shape index (κ2) is 13.6. The van der Waals surface area contributed by atoms with Gasteiger partial charge in [0.1, 0.15) is 0 Å². The first-order chi connectivity index (χ1) is 21.0. The first-order valence-electron chi connectivity index (χ1n) is 17.1. The van der Waals surface area contributed by atoms with Crippen molar-refractivity contribution in [1.82, 2.24) is 20.0 Å². The monoisotopic (exact) mass is 650 g/mol. The zero-order chi connectivity index (χ0) is 31.1. The Morgan fingerprint density at radius 3 is 2.22 bits per heavy atom. The van der Waals surface area contributed by atoms with Crippen LogP contribution in [0.2, 0.25) is 0 Å². The number of ether oxygens (including phenoxy) is 1. The van der Waals surface area contributed by atoms with Crippen molar-refractivity contribution in [3.8, 4) is 0 Å². The molecule has 252 valence electrons. The van der Waals surface area contributed by atoms with Gasteiger partial charge >= 0.3 is 6.03 Å². The first-order valence-corrected chi connectivity index (χ1v) is 17.1. The number of hydrogen-bond donors (Lipinski definition) is 1. The van der Waals surface area contributed by atoms with Crippen LogP contribution in [0.1, 0.15) is 103 Å². The number of rotatable bonds is 9. The summed E-state index contributed by atoms with van der Waals surface area (Å²) in [5.41, 5.74) is 0.170. The van der Waals surface area contributed by atoms with Crippen LogP contribution in [0.25, 0.3) is 0 Å². The molecule has 0 radical (unpaired) electrons. The third-order valence-electron chi connectivity index (χ3n) is 11.6. The van der Waals surface area contributed by atoms with Gasteiger partial charge in [0, 0.05) is 69.2 Å². The van der Waals surface area contributed by atoms with Crippen LogP contribution in [0.4, 0.5) is 13.6 Å². The molecule has 4 heterocycles. The highest BCUT2D eigenvalue weighted by atomic mass is 35.5. The van der Waals surface area contributed by atoms with Gasteiger partial charge in [-0.3, -0.25) is 9.69 Å². The molecule has 3 amide bonds. The summed E-state index contributed by atoms with van der Waals surface area (Å²) in [4.78, 5) is 34.4. The van der Waals surface area contributed by atoms with Gasteiger partial charge in [-0.05, 0) is 83.1 Å². The van der Waals surface area contributed by atoms with E-state index in [2.05, 4.69) is 46.0 Å². The van der Waals surface area contributed by atoms with Crippen molar-refractivity contribution in [3.05, 3.63) is 35.9 Å². The van der Waals surface area contributed by atoms with Gasteiger partial charge in [-0.25, -0.2) is 13.6 Å². The Labute approximate surface area is 274 Å². The van der Waals surface area contributed by atoms with E-state index in [0.29, 0.717) is 18.0 Å². The molecule has 1 aliphatic carbocycles. The van der Waals surface area contributed by atoms with Crippen molar-refractivity contribution < 1.29 is 23.1 Å². The SMILES string of the molecule is CC(C)N1C(=O)N(CC2CCOCC2)CC12CC1CCC(C2)N1CC[C@@H](NC(=O)C1(C)CCC(F)(F)CC1)c1ccccc1.Cl. The van der Waals surface area contributed by atoms with Crippen LogP contribution in [0.5, 0.6) is 0 Å². The molecule has 4 saturated heterocycles. The number of nitrogens with zero attached hydrogens (tertiary/aromatic N) is 3. The van der Waals surface area contributed by atoms with E-state index >= 15 is 0 Å². The number of halogens is 3. The third kappa shape index (κ3) is 7.15. The minimum absolute atomic E-state index is 0. The number of nitrogens with one attached hydrogen (secondary N) is 1. The smallest absolute Gasteiger partial charge is 0.320 e. The Balaban J connectivity index is 0.00000400. The fourth-order valence-corrected chi connectivity index (χ4v) is 9.12. The number of urea groups is 1. The van der Waals surface area contributed by atoms with Crippen LogP contribution in [0, 0.1) is 11.3 Å². The summed E-state index contributed by atoms with van der Waals surface area (Å²) in [5.74, 6) is -2.25. The Bertz CT molecular complexity index is 1160. The van der Waals surface area contributed by atoms with Gasteiger partial charge in [-0.1, -0.05) is 37.3 Å².